The Hall–Kier alpha value is -2.40. The molecule has 0 aliphatic heterocycles. The van der Waals surface area contributed by atoms with Gasteiger partial charge in [-0.1, -0.05) is 18.2 Å². The maximum absolute atomic E-state index is 5.78. The molecule has 3 aromatic rings. The third-order valence-corrected chi connectivity index (χ3v) is 3.41. The Labute approximate surface area is 123 Å². The molecule has 5 nitrogen and oxygen atoms in total. The molecule has 0 unspecified atom stereocenters. The van der Waals surface area contributed by atoms with Crippen molar-refractivity contribution >= 4 is 10.9 Å². The van der Waals surface area contributed by atoms with Gasteiger partial charge in [-0.3, -0.25) is 9.67 Å². The fourth-order valence-corrected chi connectivity index (χ4v) is 2.34. The molecule has 108 valence electrons. The first-order valence-corrected chi connectivity index (χ1v) is 6.96. The number of nitrogens with zero attached hydrogens (tertiary/aromatic N) is 3. The SMILES string of the molecule is Cn1nc(COc2ccc(CCN)nc2)c2ccccc21. The van der Waals surface area contributed by atoms with E-state index >= 15 is 0 Å². The minimum absolute atomic E-state index is 0.430. The van der Waals surface area contributed by atoms with E-state index in [1.807, 2.05) is 36.0 Å². The van der Waals surface area contributed by atoms with Gasteiger partial charge in [0.05, 0.1) is 11.7 Å². The van der Waals surface area contributed by atoms with Gasteiger partial charge in [0.2, 0.25) is 0 Å². The van der Waals surface area contributed by atoms with Gasteiger partial charge in [-0.25, -0.2) is 0 Å². The molecule has 21 heavy (non-hydrogen) atoms. The quantitative estimate of drug-likeness (QED) is 0.777. The van der Waals surface area contributed by atoms with E-state index in [0.29, 0.717) is 13.2 Å². The number of nitrogens with two attached hydrogens (primary N) is 1. The lowest BCUT2D eigenvalue weighted by Gasteiger charge is -2.05. The summed E-state index contributed by atoms with van der Waals surface area (Å²) in [4.78, 5) is 4.32. The Morgan fingerprint density at radius 1 is 1.19 bits per heavy atom. The summed E-state index contributed by atoms with van der Waals surface area (Å²) in [6, 6.07) is 12.0. The van der Waals surface area contributed by atoms with Crippen molar-refractivity contribution in [2.24, 2.45) is 12.8 Å². The van der Waals surface area contributed by atoms with Crippen molar-refractivity contribution in [3.8, 4) is 5.75 Å². The largest absolute Gasteiger partial charge is 0.486 e. The smallest absolute Gasteiger partial charge is 0.138 e. The van der Waals surface area contributed by atoms with Crippen molar-refractivity contribution in [3.63, 3.8) is 0 Å². The highest BCUT2D eigenvalue weighted by Crippen LogP contribution is 2.19. The zero-order valence-corrected chi connectivity index (χ0v) is 12.0. The molecule has 5 heteroatoms. The number of aromatic nitrogens is 3. The standard InChI is InChI=1S/C16H18N4O/c1-20-16-5-3-2-4-14(16)15(19-20)11-21-13-7-6-12(8-9-17)18-10-13/h2-7,10H,8-9,11,17H2,1H3. The van der Waals surface area contributed by atoms with E-state index in [2.05, 4.69) is 22.2 Å². The molecule has 0 aliphatic carbocycles. The first-order chi connectivity index (χ1) is 10.3. The molecular formula is C16H18N4O. The molecule has 1 aromatic carbocycles. The summed E-state index contributed by atoms with van der Waals surface area (Å²) >= 11 is 0. The van der Waals surface area contributed by atoms with Gasteiger partial charge in [-0.15, -0.1) is 0 Å². The maximum Gasteiger partial charge on any atom is 0.138 e. The second-order valence-corrected chi connectivity index (χ2v) is 4.90. The number of fused-ring (bicyclic) bond motifs is 1. The first-order valence-electron chi connectivity index (χ1n) is 6.96. The van der Waals surface area contributed by atoms with Gasteiger partial charge in [0.1, 0.15) is 18.1 Å². The molecule has 0 saturated carbocycles. The molecule has 2 N–H and O–H groups in total. The van der Waals surface area contributed by atoms with E-state index in [1.54, 1.807) is 6.20 Å². The van der Waals surface area contributed by atoms with Crippen LogP contribution in [-0.4, -0.2) is 21.3 Å². The van der Waals surface area contributed by atoms with Crippen molar-refractivity contribution < 1.29 is 4.74 Å². The van der Waals surface area contributed by atoms with E-state index in [-0.39, 0.29) is 0 Å². The number of aryl methyl sites for hydroxylation is 1. The van der Waals surface area contributed by atoms with Crippen LogP contribution in [0.25, 0.3) is 10.9 Å². The number of ether oxygens (including phenoxy) is 1. The zero-order valence-electron chi connectivity index (χ0n) is 12.0. The van der Waals surface area contributed by atoms with Crippen LogP contribution in [0.1, 0.15) is 11.4 Å². The lowest BCUT2D eigenvalue weighted by molar-refractivity contribution is 0.300. The normalized spacial score (nSPS) is 11.0. The topological polar surface area (TPSA) is 66.0 Å². The average molecular weight is 282 g/mol. The summed E-state index contributed by atoms with van der Waals surface area (Å²) in [6.45, 7) is 1.03. The molecule has 0 saturated heterocycles. The Morgan fingerprint density at radius 2 is 2.05 bits per heavy atom. The van der Waals surface area contributed by atoms with Crippen LogP contribution in [0.3, 0.4) is 0 Å². The molecular weight excluding hydrogens is 264 g/mol. The Morgan fingerprint density at radius 3 is 2.81 bits per heavy atom. The Bertz CT molecular complexity index is 734. The number of pyridine rings is 1. The highest BCUT2D eigenvalue weighted by molar-refractivity contribution is 5.81. The van der Waals surface area contributed by atoms with Gasteiger partial charge in [-0.05, 0) is 24.7 Å². The van der Waals surface area contributed by atoms with Crippen LogP contribution in [0.4, 0.5) is 0 Å². The first kappa shape index (κ1) is 13.6. The molecule has 2 aromatic heterocycles. The number of para-hydroxylation sites is 1. The van der Waals surface area contributed by atoms with Crippen LogP contribution < -0.4 is 10.5 Å². The predicted molar refractivity (Wildman–Crippen MR) is 82.0 cm³/mol. The predicted octanol–water partition coefficient (Wildman–Crippen LogP) is 2.05. The van der Waals surface area contributed by atoms with Gasteiger partial charge in [-0.2, -0.15) is 5.10 Å². The van der Waals surface area contributed by atoms with Gasteiger partial charge >= 0.3 is 0 Å². The summed E-state index contributed by atoms with van der Waals surface area (Å²) in [7, 11) is 1.94. The van der Waals surface area contributed by atoms with Gasteiger partial charge in [0, 0.05) is 24.5 Å². The van der Waals surface area contributed by atoms with Crippen molar-refractivity contribution in [2.75, 3.05) is 6.54 Å². The van der Waals surface area contributed by atoms with Gasteiger partial charge in [0.15, 0.2) is 0 Å². The maximum atomic E-state index is 5.78. The lowest BCUT2D eigenvalue weighted by atomic mass is 10.2. The summed E-state index contributed by atoms with van der Waals surface area (Å²) in [5.41, 5.74) is 8.52. The fourth-order valence-electron chi connectivity index (χ4n) is 2.34. The van der Waals surface area contributed by atoms with Crippen LogP contribution >= 0.6 is 0 Å². The van der Waals surface area contributed by atoms with E-state index in [1.165, 1.54) is 0 Å². The monoisotopic (exact) mass is 282 g/mol. The zero-order chi connectivity index (χ0) is 14.7. The second-order valence-electron chi connectivity index (χ2n) is 4.90. The number of benzene rings is 1. The summed E-state index contributed by atoms with van der Waals surface area (Å²) < 4.78 is 7.65. The second kappa shape index (κ2) is 5.93. The van der Waals surface area contributed by atoms with Crippen molar-refractivity contribution in [1.82, 2.24) is 14.8 Å². The molecule has 0 radical (unpaired) electrons. The van der Waals surface area contributed by atoms with Gasteiger partial charge in [0.25, 0.3) is 0 Å². The third-order valence-electron chi connectivity index (χ3n) is 3.41. The van der Waals surface area contributed by atoms with E-state index < -0.39 is 0 Å². The van der Waals surface area contributed by atoms with Crippen molar-refractivity contribution in [2.45, 2.75) is 13.0 Å². The molecule has 3 rings (SSSR count). The number of rotatable bonds is 5. The molecule has 0 spiro atoms. The Kier molecular flexibility index (Phi) is 3.83. The minimum Gasteiger partial charge on any atom is -0.486 e. The van der Waals surface area contributed by atoms with Crippen LogP contribution in [-0.2, 0) is 20.1 Å². The van der Waals surface area contributed by atoms with E-state index in [9.17, 15) is 0 Å². The summed E-state index contributed by atoms with van der Waals surface area (Å²) in [6.07, 6.45) is 2.52. The average Bonchev–Trinajstić information content (AvgIpc) is 2.84. The fraction of sp³-hybridized carbons (Fsp3) is 0.250. The van der Waals surface area contributed by atoms with Crippen LogP contribution in [0.15, 0.2) is 42.6 Å². The highest BCUT2D eigenvalue weighted by Gasteiger charge is 2.08. The van der Waals surface area contributed by atoms with E-state index in [0.717, 1.165) is 34.5 Å². The summed E-state index contributed by atoms with van der Waals surface area (Å²) in [5, 5.41) is 5.62. The van der Waals surface area contributed by atoms with Crippen molar-refractivity contribution in [3.05, 3.63) is 54.0 Å². The molecule has 0 aliphatic rings. The molecule has 0 amide bonds. The number of hydrogen-bond acceptors (Lipinski definition) is 4. The highest BCUT2D eigenvalue weighted by atomic mass is 16.5. The van der Waals surface area contributed by atoms with Crippen LogP contribution in [0, 0.1) is 0 Å². The molecule has 2 heterocycles. The van der Waals surface area contributed by atoms with Crippen molar-refractivity contribution in [1.29, 1.82) is 0 Å². The molecule has 0 fully saturated rings. The molecule has 0 atom stereocenters. The Balaban J connectivity index is 1.74. The summed E-state index contributed by atoms with van der Waals surface area (Å²) in [5.74, 6) is 0.741. The minimum atomic E-state index is 0.430. The molecule has 0 bridgehead atoms. The van der Waals surface area contributed by atoms with Gasteiger partial charge < -0.3 is 10.5 Å². The van der Waals surface area contributed by atoms with Crippen LogP contribution in [0.2, 0.25) is 0 Å². The third kappa shape index (κ3) is 2.87. The number of hydrogen-bond donors (Lipinski definition) is 1. The van der Waals surface area contributed by atoms with Crippen LogP contribution in [0.5, 0.6) is 5.75 Å². The van der Waals surface area contributed by atoms with E-state index in [4.69, 9.17) is 10.5 Å². The lowest BCUT2D eigenvalue weighted by Crippen LogP contribution is -2.04.